The molecule has 1 unspecified atom stereocenters. The van der Waals surface area contributed by atoms with Crippen LogP contribution in [0.15, 0.2) is 24.3 Å². The Bertz CT molecular complexity index is 630. The second-order valence-corrected chi connectivity index (χ2v) is 7.26. The average molecular weight is 396 g/mol. The molecule has 7 heteroatoms. The zero-order valence-corrected chi connectivity index (χ0v) is 17.0. The Morgan fingerprint density at radius 1 is 1.22 bits per heavy atom. The number of methoxy groups -OCH3 is 1. The molecular weight excluding hydrogens is 366 g/mol. The maximum atomic E-state index is 12.9. The van der Waals surface area contributed by atoms with Gasteiger partial charge in [-0.15, -0.1) is 12.4 Å². The smallest absolute Gasteiger partial charge is 0.228 e. The molecule has 0 bridgehead atoms. The van der Waals surface area contributed by atoms with Gasteiger partial charge in [0, 0.05) is 31.7 Å². The lowest BCUT2D eigenvalue weighted by molar-refractivity contribution is -0.137. The van der Waals surface area contributed by atoms with Crippen LogP contribution in [-0.2, 0) is 9.59 Å². The minimum Gasteiger partial charge on any atom is -0.497 e. The van der Waals surface area contributed by atoms with E-state index in [4.69, 9.17) is 4.74 Å². The van der Waals surface area contributed by atoms with Crippen LogP contribution in [0.3, 0.4) is 0 Å². The largest absolute Gasteiger partial charge is 0.497 e. The van der Waals surface area contributed by atoms with Gasteiger partial charge in [0.25, 0.3) is 0 Å². The van der Waals surface area contributed by atoms with Crippen molar-refractivity contribution >= 4 is 29.9 Å². The highest BCUT2D eigenvalue weighted by Gasteiger charge is 2.38. The van der Waals surface area contributed by atoms with Crippen LogP contribution in [-0.4, -0.2) is 57.1 Å². The van der Waals surface area contributed by atoms with Gasteiger partial charge < -0.3 is 19.9 Å². The third kappa shape index (κ3) is 5.14. The molecule has 2 aliphatic heterocycles. The predicted molar refractivity (Wildman–Crippen MR) is 109 cm³/mol. The van der Waals surface area contributed by atoms with Crippen molar-refractivity contribution in [1.82, 2.24) is 10.2 Å². The molecule has 1 aromatic rings. The standard InChI is InChI=1S/C20H29N3O3.ClH/c1-21-10-7-15-8-11-22(12-9-15)20(25)16-13-19(24)23(14-16)17-3-5-18(26-2)6-4-17;/h3-6,15-16,21H,7-14H2,1-2H3;1H. The maximum absolute atomic E-state index is 12.9. The van der Waals surface area contributed by atoms with Gasteiger partial charge in [0.15, 0.2) is 0 Å². The number of halogens is 1. The third-order valence-electron chi connectivity index (χ3n) is 5.59. The van der Waals surface area contributed by atoms with Crippen molar-refractivity contribution in [2.75, 3.05) is 45.2 Å². The van der Waals surface area contributed by atoms with Crippen LogP contribution in [0.5, 0.6) is 5.75 Å². The van der Waals surface area contributed by atoms with Gasteiger partial charge in [0.1, 0.15) is 5.75 Å². The zero-order chi connectivity index (χ0) is 18.5. The number of nitrogens with one attached hydrogen (secondary N) is 1. The normalized spacial score (nSPS) is 20.5. The molecule has 1 aromatic carbocycles. The molecule has 0 radical (unpaired) electrons. The van der Waals surface area contributed by atoms with Crippen LogP contribution < -0.4 is 15.0 Å². The van der Waals surface area contributed by atoms with E-state index in [0.717, 1.165) is 43.9 Å². The first-order valence-corrected chi connectivity index (χ1v) is 9.50. The SMILES string of the molecule is CNCCC1CCN(C(=O)C2CC(=O)N(c3ccc(OC)cc3)C2)CC1.Cl. The first-order valence-electron chi connectivity index (χ1n) is 9.50. The number of ether oxygens (including phenoxy) is 1. The van der Waals surface area contributed by atoms with Gasteiger partial charge in [0.2, 0.25) is 11.8 Å². The van der Waals surface area contributed by atoms with E-state index in [-0.39, 0.29) is 30.1 Å². The lowest BCUT2D eigenvalue weighted by atomic mass is 9.92. The Morgan fingerprint density at radius 3 is 2.48 bits per heavy atom. The number of hydrogen-bond acceptors (Lipinski definition) is 4. The number of anilines is 1. The number of amides is 2. The van der Waals surface area contributed by atoms with Crippen LogP contribution in [0.1, 0.15) is 25.7 Å². The quantitative estimate of drug-likeness (QED) is 0.803. The van der Waals surface area contributed by atoms with E-state index >= 15 is 0 Å². The van der Waals surface area contributed by atoms with Crippen LogP contribution >= 0.6 is 12.4 Å². The Balaban J connectivity index is 0.00000261. The molecule has 0 aromatic heterocycles. The summed E-state index contributed by atoms with van der Waals surface area (Å²) in [7, 11) is 3.59. The number of hydrogen-bond donors (Lipinski definition) is 1. The van der Waals surface area contributed by atoms with E-state index in [1.165, 1.54) is 6.42 Å². The Morgan fingerprint density at radius 2 is 1.89 bits per heavy atom. The predicted octanol–water partition coefficient (Wildman–Crippen LogP) is 2.32. The summed E-state index contributed by atoms with van der Waals surface area (Å²) in [5.74, 6) is 1.40. The summed E-state index contributed by atoms with van der Waals surface area (Å²) in [5.41, 5.74) is 0.830. The van der Waals surface area contributed by atoms with Gasteiger partial charge in [-0.25, -0.2) is 0 Å². The van der Waals surface area contributed by atoms with Crippen LogP contribution in [0.4, 0.5) is 5.69 Å². The molecule has 1 N–H and O–H groups in total. The van der Waals surface area contributed by atoms with Crippen molar-refractivity contribution in [2.45, 2.75) is 25.7 Å². The number of carbonyl (C=O) groups excluding carboxylic acids is 2. The summed E-state index contributed by atoms with van der Waals surface area (Å²) in [5, 5.41) is 3.19. The lowest BCUT2D eigenvalue weighted by Crippen LogP contribution is -2.42. The Hall–Kier alpha value is -1.79. The third-order valence-corrected chi connectivity index (χ3v) is 5.59. The van der Waals surface area contributed by atoms with Crippen molar-refractivity contribution in [3.8, 4) is 5.75 Å². The van der Waals surface area contributed by atoms with Gasteiger partial charge >= 0.3 is 0 Å². The van der Waals surface area contributed by atoms with E-state index < -0.39 is 0 Å². The molecule has 27 heavy (non-hydrogen) atoms. The number of nitrogens with zero attached hydrogens (tertiary/aromatic N) is 2. The fourth-order valence-corrected chi connectivity index (χ4v) is 3.93. The topological polar surface area (TPSA) is 61.9 Å². The van der Waals surface area contributed by atoms with Crippen LogP contribution in [0, 0.1) is 11.8 Å². The number of likely N-dealkylation sites (tertiary alicyclic amines) is 1. The second-order valence-electron chi connectivity index (χ2n) is 7.26. The average Bonchev–Trinajstić information content (AvgIpc) is 3.08. The summed E-state index contributed by atoms with van der Waals surface area (Å²) in [6, 6.07) is 7.43. The van der Waals surface area contributed by atoms with Crippen LogP contribution in [0.2, 0.25) is 0 Å². The van der Waals surface area contributed by atoms with E-state index in [1.54, 1.807) is 12.0 Å². The van der Waals surface area contributed by atoms with Crippen molar-refractivity contribution in [1.29, 1.82) is 0 Å². The molecule has 2 saturated heterocycles. The zero-order valence-electron chi connectivity index (χ0n) is 16.1. The highest BCUT2D eigenvalue weighted by Crippen LogP contribution is 2.29. The molecule has 2 heterocycles. The van der Waals surface area contributed by atoms with Crippen molar-refractivity contribution < 1.29 is 14.3 Å². The van der Waals surface area contributed by atoms with Gasteiger partial charge in [-0.2, -0.15) is 0 Å². The molecular formula is C20H30ClN3O3. The number of piperidine rings is 1. The molecule has 0 saturated carbocycles. The number of rotatable bonds is 6. The minimum absolute atomic E-state index is 0. The first kappa shape index (κ1) is 21.5. The van der Waals surface area contributed by atoms with Crippen molar-refractivity contribution in [3.05, 3.63) is 24.3 Å². The minimum atomic E-state index is -0.224. The summed E-state index contributed by atoms with van der Waals surface area (Å²) < 4.78 is 5.16. The van der Waals surface area contributed by atoms with Crippen molar-refractivity contribution in [3.63, 3.8) is 0 Å². The summed E-state index contributed by atoms with van der Waals surface area (Å²) in [6.45, 7) is 3.15. The lowest BCUT2D eigenvalue weighted by Gasteiger charge is -2.33. The van der Waals surface area contributed by atoms with Gasteiger partial charge in [0.05, 0.1) is 13.0 Å². The van der Waals surface area contributed by atoms with Crippen LogP contribution in [0.25, 0.3) is 0 Å². The molecule has 2 fully saturated rings. The summed E-state index contributed by atoms with van der Waals surface area (Å²) in [6.07, 6.45) is 3.61. The van der Waals surface area contributed by atoms with Gasteiger partial charge in [-0.1, -0.05) is 0 Å². The molecule has 2 aliphatic rings. The van der Waals surface area contributed by atoms with Gasteiger partial charge in [-0.3, -0.25) is 9.59 Å². The number of carbonyl (C=O) groups is 2. The Labute approximate surface area is 167 Å². The molecule has 0 aliphatic carbocycles. The Kier molecular flexibility index (Phi) is 7.92. The summed E-state index contributed by atoms with van der Waals surface area (Å²) in [4.78, 5) is 29.0. The monoisotopic (exact) mass is 395 g/mol. The highest BCUT2D eigenvalue weighted by molar-refractivity contribution is 6.00. The maximum Gasteiger partial charge on any atom is 0.228 e. The van der Waals surface area contributed by atoms with E-state index in [0.29, 0.717) is 18.9 Å². The van der Waals surface area contributed by atoms with E-state index in [9.17, 15) is 9.59 Å². The summed E-state index contributed by atoms with van der Waals surface area (Å²) >= 11 is 0. The molecule has 0 spiro atoms. The molecule has 1 atom stereocenters. The van der Waals surface area contributed by atoms with Gasteiger partial charge in [-0.05, 0) is 63.0 Å². The number of benzene rings is 1. The molecule has 3 rings (SSSR count). The van der Waals surface area contributed by atoms with E-state index in [1.807, 2.05) is 36.2 Å². The fourth-order valence-electron chi connectivity index (χ4n) is 3.93. The highest BCUT2D eigenvalue weighted by atomic mass is 35.5. The van der Waals surface area contributed by atoms with E-state index in [2.05, 4.69) is 5.32 Å². The first-order chi connectivity index (χ1) is 12.6. The van der Waals surface area contributed by atoms with Crippen molar-refractivity contribution in [2.24, 2.45) is 11.8 Å². The second kappa shape index (κ2) is 9.95. The fraction of sp³-hybridized carbons (Fsp3) is 0.600. The molecule has 2 amide bonds. The molecule has 150 valence electrons. The molecule has 6 nitrogen and oxygen atoms in total.